The molecule has 0 atom stereocenters. The number of rotatable bonds is 6. The predicted octanol–water partition coefficient (Wildman–Crippen LogP) is 8.15. The van der Waals surface area contributed by atoms with Gasteiger partial charge in [-0.25, -0.2) is 13.2 Å². The van der Waals surface area contributed by atoms with Gasteiger partial charge < -0.3 is 4.74 Å². The van der Waals surface area contributed by atoms with E-state index in [0.717, 1.165) is 35.9 Å². The molecule has 0 heterocycles. The van der Waals surface area contributed by atoms with Crippen molar-refractivity contribution in [3.8, 4) is 28.0 Å². The van der Waals surface area contributed by atoms with Crippen LogP contribution in [0.4, 0.5) is 22.0 Å². The summed E-state index contributed by atoms with van der Waals surface area (Å²) in [7, 11) is 0. The fraction of sp³-hybridized carbons (Fsp3) is 0.154. The van der Waals surface area contributed by atoms with E-state index in [1.807, 2.05) is 18.2 Å². The number of alkyl halides is 2. The molecule has 32 heavy (non-hydrogen) atoms. The molecular formula is C26H19F5O. The van der Waals surface area contributed by atoms with Gasteiger partial charge in [-0.2, -0.15) is 8.78 Å². The Morgan fingerprint density at radius 3 is 2.03 bits per heavy atom. The molecule has 6 heteroatoms. The molecule has 4 aromatic carbocycles. The van der Waals surface area contributed by atoms with E-state index in [0.29, 0.717) is 22.1 Å². The van der Waals surface area contributed by atoms with Crippen LogP contribution in [0.2, 0.25) is 0 Å². The Hall–Kier alpha value is -3.41. The van der Waals surface area contributed by atoms with Crippen molar-refractivity contribution in [1.82, 2.24) is 0 Å². The van der Waals surface area contributed by atoms with Crippen LogP contribution < -0.4 is 4.74 Å². The average Bonchev–Trinajstić information content (AvgIpc) is 2.77. The molecule has 0 saturated carbocycles. The lowest BCUT2D eigenvalue weighted by atomic mass is 9.96. The Labute approximate surface area is 182 Å². The standard InChI is InChI=1S/C26H19F5O/c1-2-3-15-4-10-21-18(12-15)9-11-20(24(21)29)17-7-5-16(6-8-17)19-13-22(27)25(23(28)14-19)32-26(30)31/h4-14,26H,2-3H2,1H3. The fourth-order valence-corrected chi connectivity index (χ4v) is 3.78. The van der Waals surface area contributed by atoms with Crippen LogP contribution in [0.25, 0.3) is 33.0 Å². The molecule has 0 spiro atoms. The number of ether oxygens (including phenoxy) is 1. The first-order valence-electron chi connectivity index (χ1n) is 10.1. The maximum Gasteiger partial charge on any atom is 0.387 e. The van der Waals surface area contributed by atoms with Crippen LogP contribution in [-0.4, -0.2) is 6.61 Å². The summed E-state index contributed by atoms with van der Waals surface area (Å²) in [5.41, 5.74) is 2.76. The number of hydrogen-bond acceptors (Lipinski definition) is 1. The van der Waals surface area contributed by atoms with Gasteiger partial charge in [0, 0.05) is 10.9 Å². The van der Waals surface area contributed by atoms with Crippen molar-refractivity contribution in [1.29, 1.82) is 0 Å². The van der Waals surface area contributed by atoms with E-state index in [1.165, 1.54) is 0 Å². The monoisotopic (exact) mass is 442 g/mol. The van der Waals surface area contributed by atoms with Crippen molar-refractivity contribution in [3.63, 3.8) is 0 Å². The topological polar surface area (TPSA) is 9.23 Å². The minimum atomic E-state index is -3.33. The lowest BCUT2D eigenvalue weighted by molar-refractivity contribution is -0.0546. The zero-order valence-electron chi connectivity index (χ0n) is 17.1. The molecule has 4 aromatic rings. The van der Waals surface area contributed by atoms with E-state index in [-0.39, 0.29) is 11.4 Å². The van der Waals surface area contributed by atoms with E-state index < -0.39 is 24.0 Å². The van der Waals surface area contributed by atoms with E-state index in [2.05, 4.69) is 11.7 Å². The summed E-state index contributed by atoms with van der Waals surface area (Å²) < 4.78 is 71.7. The Morgan fingerprint density at radius 1 is 0.750 bits per heavy atom. The molecule has 0 amide bonds. The Morgan fingerprint density at radius 2 is 1.41 bits per heavy atom. The summed E-state index contributed by atoms with van der Waals surface area (Å²) >= 11 is 0. The zero-order valence-corrected chi connectivity index (χ0v) is 17.1. The van der Waals surface area contributed by atoms with Crippen molar-refractivity contribution in [2.45, 2.75) is 26.4 Å². The predicted molar refractivity (Wildman–Crippen MR) is 115 cm³/mol. The molecule has 0 unspecified atom stereocenters. The SMILES string of the molecule is CCCc1ccc2c(F)c(-c3ccc(-c4cc(F)c(OC(F)F)c(F)c4)cc3)ccc2c1. The molecule has 0 aromatic heterocycles. The van der Waals surface area contributed by atoms with Gasteiger partial charge in [-0.05, 0) is 46.2 Å². The molecule has 0 aliphatic heterocycles. The van der Waals surface area contributed by atoms with Crippen LogP contribution in [0.5, 0.6) is 5.75 Å². The lowest BCUT2D eigenvalue weighted by Crippen LogP contribution is -2.06. The van der Waals surface area contributed by atoms with Crippen LogP contribution >= 0.6 is 0 Å². The van der Waals surface area contributed by atoms with Gasteiger partial charge in [0.15, 0.2) is 17.4 Å². The number of aryl methyl sites for hydroxylation is 1. The molecular weight excluding hydrogens is 423 g/mol. The van der Waals surface area contributed by atoms with Gasteiger partial charge in [0.05, 0.1) is 0 Å². The van der Waals surface area contributed by atoms with Crippen LogP contribution in [0.3, 0.4) is 0 Å². The fourth-order valence-electron chi connectivity index (χ4n) is 3.78. The highest BCUT2D eigenvalue weighted by atomic mass is 19.3. The number of fused-ring (bicyclic) bond motifs is 1. The van der Waals surface area contributed by atoms with Gasteiger partial charge in [-0.1, -0.05) is 67.9 Å². The van der Waals surface area contributed by atoms with Crippen molar-refractivity contribution >= 4 is 10.8 Å². The first-order valence-corrected chi connectivity index (χ1v) is 10.1. The highest BCUT2D eigenvalue weighted by Gasteiger charge is 2.18. The summed E-state index contributed by atoms with van der Waals surface area (Å²) in [6.07, 6.45) is 1.94. The quantitative estimate of drug-likeness (QED) is 0.274. The molecule has 0 aliphatic carbocycles. The van der Waals surface area contributed by atoms with Crippen molar-refractivity contribution in [2.24, 2.45) is 0 Å². The highest BCUT2D eigenvalue weighted by Crippen LogP contribution is 2.33. The Kier molecular flexibility index (Phi) is 6.12. The van der Waals surface area contributed by atoms with Gasteiger partial charge >= 0.3 is 6.61 Å². The molecule has 0 radical (unpaired) electrons. The Bertz CT molecular complexity index is 1240. The third-order valence-corrected chi connectivity index (χ3v) is 5.29. The minimum Gasteiger partial charge on any atom is -0.429 e. The van der Waals surface area contributed by atoms with Gasteiger partial charge in [0.1, 0.15) is 5.82 Å². The van der Waals surface area contributed by atoms with E-state index in [4.69, 9.17) is 0 Å². The average molecular weight is 442 g/mol. The van der Waals surface area contributed by atoms with Crippen molar-refractivity contribution in [2.75, 3.05) is 0 Å². The summed E-state index contributed by atoms with van der Waals surface area (Å²) in [4.78, 5) is 0. The maximum absolute atomic E-state index is 15.2. The van der Waals surface area contributed by atoms with Crippen LogP contribution in [0, 0.1) is 17.5 Å². The zero-order chi connectivity index (χ0) is 22.8. The molecule has 0 aliphatic rings. The van der Waals surface area contributed by atoms with Gasteiger partial charge in [0.2, 0.25) is 0 Å². The largest absolute Gasteiger partial charge is 0.429 e. The molecule has 0 fully saturated rings. The normalized spacial score (nSPS) is 11.3. The molecule has 1 nitrogen and oxygen atoms in total. The molecule has 4 rings (SSSR count). The first kappa shape index (κ1) is 21.8. The minimum absolute atomic E-state index is 0.149. The smallest absolute Gasteiger partial charge is 0.387 e. The summed E-state index contributed by atoms with van der Waals surface area (Å²) in [6.45, 7) is -1.24. The second kappa shape index (κ2) is 8.99. The van der Waals surface area contributed by atoms with Crippen LogP contribution in [0.1, 0.15) is 18.9 Å². The van der Waals surface area contributed by atoms with Crippen molar-refractivity contribution in [3.05, 3.63) is 89.7 Å². The number of benzene rings is 4. The summed E-state index contributed by atoms with van der Waals surface area (Å²) in [5, 5.41) is 1.34. The van der Waals surface area contributed by atoms with E-state index >= 15 is 4.39 Å². The molecule has 0 N–H and O–H groups in total. The molecule has 0 bridgehead atoms. The summed E-state index contributed by atoms with van der Waals surface area (Å²) in [5.74, 6) is -3.93. The number of hydrogen-bond donors (Lipinski definition) is 0. The van der Waals surface area contributed by atoms with Gasteiger partial charge in [-0.15, -0.1) is 0 Å². The van der Waals surface area contributed by atoms with Gasteiger partial charge in [0.25, 0.3) is 0 Å². The number of halogens is 5. The van der Waals surface area contributed by atoms with E-state index in [9.17, 15) is 17.6 Å². The Balaban J connectivity index is 1.66. The molecule has 0 saturated heterocycles. The summed E-state index contributed by atoms with van der Waals surface area (Å²) in [6, 6.07) is 17.6. The van der Waals surface area contributed by atoms with Crippen LogP contribution in [0.15, 0.2) is 66.7 Å². The second-order valence-corrected chi connectivity index (χ2v) is 7.46. The second-order valence-electron chi connectivity index (χ2n) is 7.46. The third-order valence-electron chi connectivity index (χ3n) is 5.29. The van der Waals surface area contributed by atoms with Gasteiger partial charge in [-0.3, -0.25) is 0 Å². The molecule has 164 valence electrons. The van der Waals surface area contributed by atoms with E-state index in [1.54, 1.807) is 36.4 Å². The third kappa shape index (κ3) is 4.31. The highest BCUT2D eigenvalue weighted by molar-refractivity contribution is 5.89. The lowest BCUT2D eigenvalue weighted by Gasteiger charge is -2.11. The maximum atomic E-state index is 15.2. The first-order chi connectivity index (χ1) is 15.4. The van der Waals surface area contributed by atoms with Crippen molar-refractivity contribution < 1.29 is 26.7 Å². The van der Waals surface area contributed by atoms with Crippen LogP contribution in [-0.2, 0) is 6.42 Å².